The first-order valence-corrected chi connectivity index (χ1v) is 14.8. The number of imidazole rings is 1. The molecule has 39 heavy (non-hydrogen) atoms. The molecule has 1 aliphatic rings. The summed E-state index contributed by atoms with van der Waals surface area (Å²) in [4.78, 5) is 40.5. The minimum atomic E-state index is -0.175. The summed E-state index contributed by atoms with van der Waals surface area (Å²) >= 11 is 3.04. The molecule has 1 N–H and O–H groups in total. The number of benzene rings is 2. The number of nitrogens with zero attached hydrogens (tertiary/aromatic N) is 4. The number of fused-ring (bicyclic) bond motifs is 1. The maximum Gasteiger partial charge on any atom is 0.274 e. The molecule has 0 unspecified atom stereocenters. The molecule has 3 aromatic heterocycles. The predicted octanol–water partition coefficient (Wildman–Crippen LogP) is 5.99. The third kappa shape index (κ3) is 5.24. The van der Waals surface area contributed by atoms with Crippen molar-refractivity contribution >= 4 is 39.4 Å². The fourth-order valence-corrected chi connectivity index (χ4v) is 6.75. The van der Waals surface area contributed by atoms with Gasteiger partial charge in [0.1, 0.15) is 11.4 Å². The van der Waals surface area contributed by atoms with Crippen LogP contribution in [0.4, 0.5) is 0 Å². The molecule has 0 saturated heterocycles. The number of nitrogens with one attached hydrogen (secondary N) is 1. The first-order chi connectivity index (χ1) is 19.0. The van der Waals surface area contributed by atoms with Crippen molar-refractivity contribution in [2.75, 3.05) is 6.54 Å². The number of hydrogen-bond donors (Lipinski definition) is 1. The molecule has 1 atom stereocenters. The highest BCUT2D eigenvalue weighted by Gasteiger charge is 2.39. The second-order valence-corrected chi connectivity index (χ2v) is 12.0. The Bertz CT molecular complexity index is 1620. The highest BCUT2D eigenvalue weighted by molar-refractivity contribution is 7.15. The van der Waals surface area contributed by atoms with Crippen molar-refractivity contribution in [2.45, 2.75) is 39.3 Å². The highest BCUT2D eigenvalue weighted by Crippen LogP contribution is 2.38. The van der Waals surface area contributed by atoms with E-state index in [4.69, 9.17) is 4.98 Å². The smallest absolute Gasteiger partial charge is 0.274 e. The lowest BCUT2D eigenvalue weighted by molar-refractivity contribution is 0.0618. The zero-order valence-corrected chi connectivity index (χ0v) is 23.5. The lowest BCUT2D eigenvalue weighted by Gasteiger charge is -2.32. The molecule has 1 saturated carbocycles. The largest absolute Gasteiger partial charge is 0.349 e. The number of aryl methyl sites for hydroxylation is 2. The number of carbonyl (C=O) groups is 2. The van der Waals surface area contributed by atoms with Crippen LogP contribution in [-0.4, -0.2) is 43.7 Å². The average Bonchev–Trinajstić information content (AvgIpc) is 3.43. The molecular formula is C30H29N5O2S2. The number of thiazole rings is 2. The average molecular weight is 556 g/mol. The van der Waals surface area contributed by atoms with Crippen LogP contribution in [-0.2, 0) is 6.54 Å². The molecule has 2 amide bonds. The molecule has 0 spiro atoms. The van der Waals surface area contributed by atoms with E-state index in [1.54, 1.807) is 0 Å². The fraction of sp³-hybridized carbons (Fsp3) is 0.267. The standard InChI is InChI=1S/C30H29N5O2S2/c1-19-26(34-15-16-38-30(34)32-19)28(36)31-17-24(22-13-14-22)35(18-21-9-5-3-6-10-21)29(37)25-27(39-20(2)33-25)23-11-7-4-8-12-23/h3-12,15-16,22,24H,13-14,17-18H2,1-2H3,(H,31,36)/t24-/m0/s1. The van der Waals surface area contributed by atoms with Gasteiger partial charge in [0, 0.05) is 24.7 Å². The van der Waals surface area contributed by atoms with Gasteiger partial charge in [0.2, 0.25) is 0 Å². The van der Waals surface area contributed by atoms with E-state index >= 15 is 0 Å². The van der Waals surface area contributed by atoms with Crippen molar-refractivity contribution in [1.82, 2.24) is 24.6 Å². The van der Waals surface area contributed by atoms with E-state index in [1.165, 1.54) is 22.7 Å². The molecule has 0 aliphatic heterocycles. The Hall–Kier alpha value is -3.82. The topological polar surface area (TPSA) is 79.6 Å². The highest BCUT2D eigenvalue weighted by atomic mass is 32.1. The van der Waals surface area contributed by atoms with Crippen molar-refractivity contribution in [3.63, 3.8) is 0 Å². The number of carbonyl (C=O) groups excluding carboxylic acids is 2. The second-order valence-electron chi connectivity index (χ2n) is 9.91. The molecule has 6 rings (SSSR count). The summed E-state index contributed by atoms with van der Waals surface area (Å²) in [7, 11) is 0. The van der Waals surface area contributed by atoms with Gasteiger partial charge in [0.25, 0.3) is 11.8 Å². The lowest BCUT2D eigenvalue weighted by Crippen LogP contribution is -2.48. The Kier molecular flexibility index (Phi) is 7.01. The van der Waals surface area contributed by atoms with Crippen molar-refractivity contribution in [3.8, 4) is 10.4 Å². The number of rotatable bonds is 9. The predicted molar refractivity (Wildman–Crippen MR) is 155 cm³/mol. The van der Waals surface area contributed by atoms with Crippen LogP contribution < -0.4 is 5.32 Å². The van der Waals surface area contributed by atoms with Crippen LogP contribution in [0.5, 0.6) is 0 Å². The Morgan fingerprint density at radius 3 is 2.49 bits per heavy atom. The first kappa shape index (κ1) is 25.5. The van der Waals surface area contributed by atoms with Crippen LogP contribution >= 0.6 is 22.7 Å². The summed E-state index contributed by atoms with van der Waals surface area (Å²) in [6.45, 7) is 4.60. The minimum Gasteiger partial charge on any atom is -0.349 e. The van der Waals surface area contributed by atoms with Gasteiger partial charge in [-0.05, 0) is 43.7 Å². The summed E-state index contributed by atoms with van der Waals surface area (Å²) in [5, 5.41) is 5.92. The molecule has 7 nitrogen and oxygen atoms in total. The van der Waals surface area contributed by atoms with Gasteiger partial charge in [-0.25, -0.2) is 9.97 Å². The van der Waals surface area contributed by atoms with Gasteiger partial charge in [-0.2, -0.15) is 0 Å². The van der Waals surface area contributed by atoms with Gasteiger partial charge in [-0.3, -0.25) is 14.0 Å². The Balaban J connectivity index is 1.32. The maximum atomic E-state index is 14.3. The molecule has 9 heteroatoms. The van der Waals surface area contributed by atoms with E-state index in [9.17, 15) is 9.59 Å². The normalized spacial score (nSPS) is 13.9. The van der Waals surface area contributed by atoms with Gasteiger partial charge in [0.05, 0.1) is 21.6 Å². The van der Waals surface area contributed by atoms with E-state index in [2.05, 4.69) is 10.3 Å². The molecule has 3 heterocycles. The molecular weight excluding hydrogens is 526 g/mol. The summed E-state index contributed by atoms with van der Waals surface area (Å²) in [6, 6.07) is 19.8. The summed E-state index contributed by atoms with van der Waals surface area (Å²) in [5.74, 6) is 0.0465. The zero-order chi connectivity index (χ0) is 26.9. The Morgan fingerprint density at radius 2 is 1.77 bits per heavy atom. The van der Waals surface area contributed by atoms with Gasteiger partial charge in [0.15, 0.2) is 4.96 Å². The second kappa shape index (κ2) is 10.7. The summed E-state index contributed by atoms with van der Waals surface area (Å²) in [5.41, 5.74) is 3.75. The Labute approximate surface area is 235 Å². The van der Waals surface area contributed by atoms with Crippen LogP contribution in [0.3, 0.4) is 0 Å². The molecule has 2 aromatic carbocycles. The van der Waals surface area contributed by atoms with Crippen LogP contribution in [0.1, 0.15) is 50.1 Å². The number of amides is 2. The SMILES string of the molecule is Cc1nc(C(=O)N(Cc2ccccc2)[C@@H](CNC(=O)c2c(C)nc3sccn23)C2CC2)c(-c2ccccc2)s1. The summed E-state index contributed by atoms with van der Waals surface area (Å²) < 4.78 is 1.83. The summed E-state index contributed by atoms with van der Waals surface area (Å²) in [6.07, 6.45) is 3.93. The minimum absolute atomic E-state index is 0.103. The van der Waals surface area contributed by atoms with Crippen molar-refractivity contribution in [3.05, 3.63) is 99.9 Å². The van der Waals surface area contributed by atoms with E-state index in [0.29, 0.717) is 36.1 Å². The van der Waals surface area contributed by atoms with Gasteiger partial charge < -0.3 is 10.2 Å². The molecule has 198 valence electrons. The molecule has 0 radical (unpaired) electrons. The quantitative estimate of drug-likeness (QED) is 0.242. The van der Waals surface area contributed by atoms with E-state index in [0.717, 1.165) is 38.8 Å². The van der Waals surface area contributed by atoms with Gasteiger partial charge >= 0.3 is 0 Å². The van der Waals surface area contributed by atoms with E-state index in [1.807, 2.05) is 95.4 Å². The van der Waals surface area contributed by atoms with E-state index in [-0.39, 0.29) is 17.9 Å². The zero-order valence-electron chi connectivity index (χ0n) is 21.8. The third-order valence-electron chi connectivity index (χ3n) is 7.12. The van der Waals surface area contributed by atoms with Crippen LogP contribution in [0.25, 0.3) is 15.4 Å². The van der Waals surface area contributed by atoms with Crippen molar-refractivity contribution < 1.29 is 9.59 Å². The van der Waals surface area contributed by atoms with Gasteiger partial charge in [-0.15, -0.1) is 22.7 Å². The maximum absolute atomic E-state index is 14.3. The van der Waals surface area contributed by atoms with E-state index < -0.39 is 0 Å². The monoisotopic (exact) mass is 555 g/mol. The first-order valence-electron chi connectivity index (χ1n) is 13.1. The Morgan fingerprint density at radius 1 is 1.05 bits per heavy atom. The van der Waals surface area contributed by atoms with Crippen molar-refractivity contribution in [1.29, 1.82) is 0 Å². The number of hydrogen-bond acceptors (Lipinski definition) is 6. The van der Waals surface area contributed by atoms with Crippen LogP contribution in [0.2, 0.25) is 0 Å². The number of aromatic nitrogens is 3. The fourth-order valence-electron chi connectivity index (χ4n) is 5.07. The van der Waals surface area contributed by atoms with Crippen LogP contribution in [0, 0.1) is 19.8 Å². The molecule has 0 bridgehead atoms. The molecule has 5 aromatic rings. The van der Waals surface area contributed by atoms with Gasteiger partial charge in [-0.1, -0.05) is 60.7 Å². The lowest BCUT2D eigenvalue weighted by atomic mass is 10.1. The molecule has 1 fully saturated rings. The molecule has 1 aliphatic carbocycles. The van der Waals surface area contributed by atoms with Crippen LogP contribution in [0.15, 0.2) is 72.2 Å². The third-order valence-corrected chi connectivity index (χ3v) is 8.90. The van der Waals surface area contributed by atoms with Crippen molar-refractivity contribution in [2.24, 2.45) is 5.92 Å².